The Hall–Kier alpha value is -0.610. The van der Waals surface area contributed by atoms with Gasteiger partial charge in [-0.3, -0.25) is 4.79 Å². The van der Waals surface area contributed by atoms with Crippen molar-refractivity contribution in [2.24, 2.45) is 0 Å². The normalized spacial score (nSPS) is 33.3. The standard InChI is InChI=1S/C7H12N2O2/c10-5-11-6-2-1-3-7(4-6)8-9-7/h5-6,8-9H,1-4H2. The van der Waals surface area contributed by atoms with Crippen molar-refractivity contribution in [2.45, 2.75) is 37.5 Å². The van der Waals surface area contributed by atoms with Gasteiger partial charge in [0.05, 0.1) is 5.66 Å². The topological polar surface area (TPSA) is 70.2 Å². The molecule has 4 heteroatoms. The molecule has 1 heterocycles. The van der Waals surface area contributed by atoms with E-state index in [1.54, 1.807) is 0 Å². The van der Waals surface area contributed by atoms with Crippen LogP contribution in [0.3, 0.4) is 0 Å². The van der Waals surface area contributed by atoms with Crippen LogP contribution in [0.5, 0.6) is 0 Å². The van der Waals surface area contributed by atoms with Gasteiger partial charge in [0.1, 0.15) is 6.10 Å². The van der Waals surface area contributed by atoms with Crippen LogP contribution in [0.25, 0.3) is 0 Å². The molecule has 0 radical (unpaired) electrons. The van der Waals surface area contributed by atoms with Crippen molar-refractivity contribution < 1.29 is 9.53 Å². The quantitative estimate of drug-likeness (QED) is 0.433. The molecule has 4 nitrogen and oxygen atoms in total. The van der Waals surface area contributed by atoms with Gasteiger partial charge in [0.25, 0.3) is 6.47 Å². The molecule has 0 bridgehead atoms. The highest BCUT2D eigenvalue weighted by Crippen LogP contribution is 2.32. The Bertz CT molecular complexity index is 168. The molecule has 1 aliphatic heterocycles. The van der Waals surface area contributed by atoms with Crippen LogP contribution in [-0.4, -0.2) is 18.2 Å². The summed E-state index contributed by atoms with van der Waals surface area (Å²) >= 11 is 0. The van der Waals surface area contributed by atoms with E-state index >= 15 is 0 Å². The first-order valence-corrected chi connectivity index (χ1v) is 3.98. The number of rotatable bonds is 2. The number of hydrazine groups is 1. The average molecular weight is 156 g/mol. The fourth-order valence-electron chi connectivity index (χ4n) is 1.73. The van der Waals surface area contributed by atoms with E-state index in [-0.39, 0.29) is 11.8 Å². The Kier molecular flexibility index (Phi) is 1.58. The molecule has 0 aromatic heterocycles. The number of ether oxygens (including phenoxy) is 1. The molecule has 1 unspecified atom stereocenters. The van der Waals surface area contributed by atoms with E-state index in [2.05, 4.69) is 10.9 Å². The number of carbonyl (C=O) groups excluding carboxylic acids is 1. The van der Waals surface area contributed by atoms with Crippen molar-refractivity contribution in [3.63, 3.8) is 0 Å². The Labute approximate surface area is 65.3 Å². The van der Waals surface area contributed by atoms with Crippen molar-refractivity contribution >= 4 is 6.47 Å². The fourth-order valence-corrected chi connectivity index (χ4v) is 1.73. The molecule has 0 aromatic rings. The monoisotopic (exact) mass is 156 g/mol. The zero-order valence-electron chi connectivity index (χ0n) is 6.30. The minimum Gasteiger partial charge on any atom is -0.464 e. The van der Waals surface area contributed by atoms with E-state index in [1.165, 1.54) is 0 Å². The van der Waals surface area contributed by atoms with Crippen molar-refractivity contribution in [2.75, 3.05) is 0 Å². The summed E-state index contributed by atoms with van der Waals surface area (Å²) in [6.45, 7) is 0.548. The van der Waals surface area contributed by atoms with E-state index in [4.69, 9.17) is 4.74 Å². The first-order chi connectivity index (χ1) is 5.35. The van der Waals surface area contributed by atoms with E-state index in [9.17, 15) is 4.79 Å². The Morgan fingerprint density at radius 3 is 3.00 bits per heavy atom. The van der Waals surface area contributed by atoms with Gasteiger partial charge in [-0.2, -0.15) is 0 Å². The molecular formula is C7H12N2O2. The van der Waals surface area contributed by atoms with Gasteiger partial charge < -0.3 is 4.74 Å². The lowest BCUT2D eigenvalue weighted by Crippen LogP contribution is -2.31. The summed E-state index contributed by atoms with van der Waals surface area (Å²) in [6, 6.07) is 0. The third-order valence-electron chi connectivity index (χ3n) is 2.43. The van der Waals surface area contributed by atoms with Gasteiger partial charge in [-0.1, -0.05) is 0 Å². The first-order valence-electron chi connectivity index (χ1n) is 3.98. The summed E-state index contributed by atoms with van der Waals surface area (Å²) in [6.07, 6.45) is 4.29. The maximum Gasteiger partial charge on any atom is 0.293 e. The minimum absolute atomic E-state index is 0.115. The smallest absolute Gasteiger partial charge is 0.293 e. The molecular weight excluding hydrogens is 144 g/mol. The minimum atomic E-state index is 0.115. The Balaban J connectivity index is 1.88. The molecule has 11 heavy (non-hydrogen) atoms. The highest BCUT2D eigenvalue weighted by Gasteiger charge is 2.46. The summed E-state index contributed by atoms with van der Waals surface area (Å²) in [4.78, 5) is 10.0. The zero-order valence-corrected chi connectivity index (χ0v) is 6.30. The summed E-state index contributed by atoms with van der Waals surface area (Å²) in [5, 5.41) is 0. The summed E-state index contributed by atoms with van der Waals surface area (Å²) in [5.41, 5.74) is 6.30. The van der Waals surface area contributed by atoms with E-state index < -0.39 is 0 Å². The fraction of sp³-hybridized carbons (Fsp3) is 0.857. The number of hydrogen-bond acceptors (Lipinski definition) is 4. The Morgan fingerprint density at radius 2 is 2.36 bits per heavy atom. The van der Waals surface area contributed by atoms with Gasteiger partial charge >= 0.3 is 0 Å². The molecule has 1 spiro atoms. The summed E-state index contributed by atoms with van der Waals surface area (Å²) in [5.74, 6) is 0. The maximum atomic E-state index is 10.0. The second-order valence-electron chi connectivity index (χ2n) is 3.28. The molecule has 1 saturated carbocycles. The lowest BCUT2D eigenvalue weighted by Gasteiger charge is -2.24. The molecule has 1 aliphatic carbocycles. The predicted molar refractivity (Wildman–Crippen MR) is 38.4 cm³/mol. The van der Waals surface area contributed by atoms with E-state index in [0.717, 1.165) is 25.7 Å². The van der Waals surface area contributed by atoms with E-state index in [1.807, 2.05) is 0 Å². The van der Waals surface area contributed by atoms with Gasteiger partial charge in [0.2, 0.25) is 0 Å². The van der Waals surface area contributed by atoms with Crippen LogP contribution in [0.4, 0.5) is 0 Å². The third-order valence-corrected chi connectivity index (χ3v) is 2.43. The molecule has 1 saturated heterocycles. The summed E-state index contributed by atoms with van der Waals surface area (Å²) in [7, 11) is 0. The average Bonchev–Trinajstić information content (AvgIpc) is 2.70. The SMILES string of the molecule is O=COC1CCCC2(C1)NN2. The molecule has 2 fully saturated rings. The number of carbonyl (C=O) groups is 1. The highest BCUT2D eigenvalue weighted by atomic mass is 16.5. The lowest BCUT2D eigenvalue weighted by atomic mass is 9.91. The van der Waals surface area contributed by atoms with Crippen LogP contribution >= 0.6 is 0 Å². The predicted octanol–water partition coefficient (Wildman–Crippen LogP) is -0.0939. The molecule has 1 atom stereocenters. The van der Waals surface area contributed by atoms with E-state index in [0.29, 0.717) is 6.47 Å². The van der Waals surface area contributed by atoms with Crippen LogP contribution in [0.1, 0.15) is 25.7 Å². The second kappa shape index (κ2) is 2.46. The van der Waals surface area contributed by atoms with Crippen LogP contribution in [0, 0.1) is 0 Å². The van der Waals surface area contributed by atoms with Gasteiger partial charge in [0.15, 0.2) is 0 Å². The first kappa shape index (κ1) is 7.06. The summed E-state index contributed by atoms with van der Waals surface area (Å²) < 4.78 is 4.90. The van der Waals surface area contributed by atoms with Crippen LogP contribution in [-0.2, 0) is 9.53 Å². The van der Waals surface area contributed by atoms with Crippen LogP contribution in [0.15, 0.2) is 0 Å². The van der Waals surface area contributed by atoms with Crippen LogP contribution in [0.2, 0.25) is 0 Å². The molecule has 62 valence electrons. The molecule has 0 aromatic carbocycles. The van der Waals surface area contributed by atoms with Crippen molar-refractivity contribution in [1.29, 1.82) is 0 Å². The highest BCUT2D eigenvalue weighted by molar-refractivity contribution is 5.37. The van der Waals surface area contributed by atoms with Gasteiger partial charge in [-0.25, -0.2) is 10.9 Å². The molecule has 0 amide bonds. The Morgan fingerprint density at radius 1 is 1.55 bits per heavy atom. The van der Waals surface area contributed by atoms with Gasteiger partial charge in [-0.05, 0) is 19.3 Å². The molecule has 2 N–H and O–H groups in total. The van der Waals surface area contributed by atoms with Crippen molar-refractivity contribution in [3.05, 3.63) is 0 Å². The largest absolute Gasteiger partial charge is 0.464 e. The van der Waals surface area contributed by atoms with Crippen molar-refractivity contribution in [1.82, 2.24) is 10.9 Å². The molecule has 2 aliphatic rings. The zero-order chi connectivity index (χ0) is 7.73. The van der Waals surface area contributed by atoms with Gasteiger partial charge in [-0.15, -0.1) is 0 Å². The molecule has 2 rings (SSSR count). The number of nitrogens with one attached hydrogen (secondary N) is 2. The third kappa shape index (κ3) is 1.36. The number of hydrogen-bond donors (Lipinski definition) is 2. The second-order valence-corrected chi connectivity index (χ2v) is 3.28. The van der Waals surface area contributed by atoms with Crippen LogP contribution < -0.4 is 10.9 Å². The lowest BCUT2D eigenvalue weighted by molar-refractivity contribution is -0.135. The van der Waals surface area contributed by atoms with Crippen molar-refractivity contribution in [3.8, 4) is 0 Å². The maximum absolute atomic E-state index is 10.0. The van der Waals surface area contributed by atoms with Gasteiger partial charge in [0, 0.05) is 6.42 Å².